The highest BCUT2D eigenvalue weighted by atomic mass is 16.5. The van der Waals surface area contributed by atoms with Gasteiger partial charge in [0.05, 0.1) is 21.3 Å². The first-order valence-corrected chi connectivity index (χ1v) is 7.97. The minimum absolute atomic E-state index is 0.247. The normalized spacial score (nSPS) is 14.6. The molecule has 0 radical (unpaired) electrons. The zero-order valence-corrected chi connectivity index (χ0v) is 14.4. The summed E-state index contributed by atoms with van der Waals surface area (Å²) in [4.78, 5) is 16.2. The van der Waals surface area contributed by atoms with E-state index >= 15 is 0 Å². The number of carbonyl (C=O) groups excluding carboxylic acids is 1. The molecule has 0 spiro atoms. The summed E-state index contributed by atoms with van der Waals surface area (Å²) in [5, 5.41) is 0. The zero-order chi connectivity index (χ0) is 16.8. The second-order valence-corrected chi connectivity index (χ2v) is 5.50. The molecule has 0 aliphatic carbocycles. The quantitative estimate of drug-likeness (QED) is 0.803. The fourth-order valence-corrected chi connectivity index (χ4v) is 2.84. The van der Waals surface area contributed by atoms with Crippen molar-refractivity contribution >= 4 is 11.6 Å². The van der Waals surface area contributed by atoms with E-state index in [1.807, 2.05) is 24.0 Å². The number of hydrogen-bond acceptors (Lipinski definition) is 5. The van der Waals surface area contributed by atoms with Crippen LogP contribution in [0.25, 0.3) is 0 Å². The highest BCUT2D eigenvalue weighted by molar-refractivity contribution is 5.76. The summed E-state index contributed by atoms with van der Waals surface area (Å²) in [5.41, 5.74) is 1.02. The molecule has 1 amide bonds. The monoisotopic (exact) mass is 322 g/mol. The van der Waals surface area contributed by atoms with Gasteiger partial charge in [-0.1, -0.05) is 6.92 Å². The van der Waals surface area contributed by atoms with Crippen LogP contribution >= 0.6 is 0 Å². The Balaban J connectivity index is 2.13. The van der Waals surface area contributed by atoms with Crippen molar-refractivity contribution in [3.05, 3.63) is 12.1 Å². The number of benzene rings is 1. The van der Waals surface area contributed by atoms with E-state index in [9.17, 15) is 4.79 Å². The summed E-state index contributed by atoms with van der Waals surface area (Å²) >= 11 is 0. The number of methoxy groups -OCH3 is 3. The van der Waals surface area contributed by atoms with Crippen molar-refractivity contribution in [3.63, 3.8) is 0 Å². The van der Waals surface area contributed by atoms with Crippen molar-refractivity contribution in [2.75, 3.05) is 52.4 Å². The molecule has 1 heterocycles. The van der Waals surface area contributed by atoms with E-state index in [-0.39, 0.29) is 5.91 Å². The van der Waals surface area contributed by atoms with Gasteiger partial charge in [0, 0.05) is 50.4 Å². The predicted octanol–water partition coefficient (Wildman–Crippen LogP) is 2.16. The van der Waals surface area contributed by atoms with Crippen LogP contribution in [0.4, 0.5) is 5.69 Å². The lowest BCUT2D eigenvalue weighted by Gasteiger charge is -2.36. The number of anilines is 1. The first-order valence-electron chi connectivity index (χ1n) is 7.97. The molecule has 0 unspecified atom stereocenters. The Bertz CT molecular complexity index is 514. The molecule has 6 nitrogen and oxygen atoms in total. The third kappa shape index (κ3) is 3.81. The summed E-state index contributed by atoms with van der Waals surface area (Å²) in [5.74, 6) is 2.13. The van der Waals surface area contributed by atoms with E-state index in [1.165, 1.54) is 0 Å². The maximum Gasteiger partial charge on any atom is 0.222 e. The minimum atomic E-state index is 0.247. The molecule has 0 atom stereocenters. The fraction of sp³-hybridized carbons (Fsp3) is 0.588. The third-order valence-corrected chi connectivity index (χ3v) is 4.11. The molecule has 1 aromatic carbocycles. The van der Waals surface area contributed by atoms with Crippen LogP contribution in [0.5, 0.6) is 17.2 Å². The summed E-state index contributed by atoms with van der Waals surface area (Å²) in [6, 6.07) is 3.90. The van der Waals surface area contributed by atoms with Crippen molar-refractivity contribution in [2.24, 2.45) is 0 Å². The standard InChI is InChI=1S/C17H26N2O4/c1-5-6-16(20)19-9-7-18(8-10-19)13-11-14(21-2)17(23-4)15(12-13)22-3/h11-12H,5-10H2,1-4H3. The van der Waals surface area contributed by atoms with Gasteiger partial charge in [0.2, 0.25) is 11.7 Å². The second-order valence-electron chi connectivity index (χ2n) is 5.50. The van der Waals surface area contributed by atoms with E-state index in [0.29, 0.717) is 23.7 Å². The largest absolute Gasteiger partial charge is 0.493 e. The van der Waals surface area contributed by atoms with Crippen molar-refractivity contribution in [3.8, 4) is 17.2 Å². The van der Waals surface area contributed by atoms with Crippen LogP contribution in [-0.2, 0) is 4.79 Å². The molecule has 1 fully saturated rings. The molecule has 1 saturated heterocycles. The summed E-state index contributed by atoms with van der Waals surface area (Å²) in [7, 11) is 4.82. The number of rotatable bonds is 6. The first kappa shape index (κ1) is 17.2. The van der Waals surface area contributed by atoms with Gasteiger partial charge in [0.1, 0.15) is 0 Å². The maximum atomic E-state index is 12.0. The Hall–Kier alpha value is -2.11. The second kappa shape index (κ2) is 7.94. The van der Waals surface area contributed by atoms with Crippen LogP contribution < -0.4 is 19.1 Å². The van der Waals surface area contributed by atoms with E-state index < -0.39 is 0 Å². The molecule has 2 rings (SSSR count). The molecule has 128 valence electrons. The number of amides is 1. The van der Waals surface area contributed by atoms with Gasteiger partial charge in [-0.25, -0.2) is 0 Å². The predicted molar refractivity (Wildman–Crippen MR) is 89.8 cm³/mol. The number of carbonyl (C=O) groups is 1. The molecule has 1 aliphatic rings. The van der Waals surface area contributed by atoms with Gasteiger partial charge >= 0.3 is 0 Å². The van der Waals surface area contributed by atoms with Crippen molar-refractivity contribution < 1.29 is 19.0 Å². The Labute approximate surface area is 137 Å². The van der Waals surface area contributed by atoms with Crippen molar-refractivity contribution in [1.82, 2.24) is 4.90 Å². The van der Waals surface area contributed by atoms with Crippen LogP contribution in [0.2, 0.25) is 0 Å². The summed E-state index contributed by atoms with van der Waals surface area (Å²) in [6.45, 7) is 5.12. The van der Waals surface area contributed by atoms with Gasteiger partial charge < -0.3 is 24.0 Å². The van der Waals surface area contributed by atoms with Gasteiger partial charge in [-0.15, -0.1) is 0 Å². The van der Waals surface area contributed by atoms with Crippen LogP contribution in [0, 0.1) is 0 Å². The molecule has 23 heavy (non-hydrogen) atoms. The van der Waals surface area contributed by atoms with Gasteiger partial charge in [-0.3, -0.25) is 4.79 Å². The Morgan fingerprint density at radius 2 is 1.57 bits per heavy atom. The van der Waals surface area contributed by atoms with Gasteiger partial charge in [-0.2, -0.15) is 0 Å². The molecule has 0 saturated carbocycles. The maximum absolute atomic E-state index is 12.0. The van der Waals surface area contributed by atoms with E-state index in [1.54, 1.807) is 21.3 Å². The van der Waals surface area contributed by atoms with Gasteiger partial charge in [0.25, 0.3) is 0 Å². The molecule has 0 bridgehead atoms. The third-order valence-electron chi connectivity index (χ3n) is 4.11. The molecule has 0 aromatic heterocycles. The number of nitrogens with zero attached hydrogens (tertiary/aromatic N) is 2. The van der Waals surface area contributed by atoms with Crippen molar-refractivity contribution in [2.45, 2.75) is 19.8 Å². The van der Waals surface area contributed by atoms with Crippen molar-refractivity contribution in [1.29, 1.82) is 0 Å². The van der Waals surface area contributed by atoms with E-state index in [0.717, 1.165) is 38.3 Å². The Kier molecular flexibility index (Phi) is 5.96. The molecular weight excluding hydrogens is 296 g/mol. The van der Waals surface area contributed by atoms with E-state index in [2.05, 4.69) is 4.90 Å². The first-order chi connectivity index (χ1) is 11.1. The lowest BCUT2D eigenvalue weighted by Crippen LogP contribution is -2.48. The SMILES string of the molecule is CCCC(=O)N1CCN(c2cc(OC)c(OC)c(OC)c2)CC1. The topological polar surface area (TPSA) is 51.2 Å². The van der Waals surface area contributed by atoms with E-state index in [4.69, 9.17) is 14.2 Å². The fourth-order valence-electron chi connectivity index (χ4n) is 2.84. The number of piperazine rings is 1. The summed E-state index contributed by atoms with van der Waals surface area (Å²) < 4.78 is 16.2. The van der Waals surface area contributed by atoms with Crippen LogP contribution in [-0.4, -0.2) is 58.3 Å². The Morgan fingerprint density at radius 3 is 2.00 bits per heavy atom. The summed E-state index contributed by atoms with van der Waals surface area (Å²) in [6.07, 6.45) is 1.52. The lowest BCUT2D eigenvalue weighted by atomic mass is 10.2. The molecule has 1 aliphatic heterocycles. The molecule has 1 aromatic rings. The minimum Gasteiger partial charge on any atom is -0.493 e. The van der Waals surface area contributed by atoms with Crippen LogP contribution in [0.15, 0.2) is 12.1 Å². The number of ether oxygens (including phenoxy) is 3. The van der Waals surface area contributed by atoms with Gasteiger partial charge in [-0.05, 0) is 6.42 Å². The number of hydrogen-bond donors (Lipinski definition) is 0. The lowest BCUT2D eigenvalue weighted by molar-refractivity contribution is -0.131. The average molecular weight is 322 g/mol. The highest BCUT2D eigenvalue weighted by Crippen LogP contribution is 2.41. The zero-order valence-electron chi connectivity index (χ0n) is 14.4. The molecule has 0 N–H and O–H groups in total. The van der Waals surface area contributed by atoms with Gasteiger partial charge in [0.15, 0.2) is 11.5 Å². The smallest absolute Gasteiger partial charge is 0.222 e. The van der Waals surface area contributed by atoms with Crippen LogP contribution in [0.3, 0.4) is 0 Å². The van der Waals surface area contributed by atoms with Crippen LogP contribution in [0.1, 0.15) is 19.8 Å². The molecular formula is C17H26N2O4. The average Bonchev–Trinajstić information content (AvgIpc) is 2.60. The Morgan fingerprint density at radius 1 is 1.00 bits per heavy atom. The molecule has 6 heteroatoms. The highest BCUT2D eigenvalue weighted by Gasteiger charge is 2.23.